The summed E-state index contributed by atoms with van der Waals surface area (Å²) in [6.45, 7) is 1.17. The number of rotatable bonds is 5. The van der Waals surface area contributed by atoms with Crippen molar-refractivity contribution < 1.29 is 31.5 Å². The maximum Gasteiger partial charge on any atom is 0.307 e. The fourth-order valence-electron chi connectivity index (χ4n) is 1.63. The molecule has 112 valence electrons. The van der Waals surface area contributed by atoms with Crippen molar-refractivity contribution in [2.45, 2.75) is 13.3 Å². The zero-order chi connectivity index (χ0) is 15.4. The lowest BCUT2D eigenvalue weighted by molar-refractivity contribution is -0.140. The Morgan fingerprint density at radius 3 is 1.85 bits per heavy atom. The highest BCUT2D eigenvalue weighted by molar-refractivity contribution is 5.70. The van der Waals surface area contributed by atoms with Gasteiger partial charge in [-0.25, -0.2) is 22.0 Å². The molecule has 0 N–H and O–H groups in total. The van der Waals surface area contributed by atoms with Crippen LogP contribution in [0.5, 0.6) is 0 Å². The van der Waals surface area contributed by atoms with Crippen LogP contribution in [0.15, 0.2) is 0 Å². The van der Waals surface area contributed by atoms with Gasteiger partial charge in [-0.05, 0) is 6.92 Å². The lowest BCUT2D eigenvalue weighted by Gasteiger charge is -2.24. The number of anilines is 1. The molecule has 0 saturated heterocycles. The van der Waals surface area contributed by atoms with E-state index in [-0.39, 0.29) is 19.5 Å². The third kappa shape index (κ3) is 3.00. The van der Waals surface area contributed by atoms with Crippen LogP contribution < -0.4 is 4.90 Å². The summed E-state index contributed by atoms with van der Waals surface area (Å²) in [5, 5.41) is 0. The molecule has 1 aromatic carbocycles. The normalized spacial score (nSPS) is 10.6. The summed E-state index contributed by atoms with van der Waals surface area (Å²) in [5.41, 5.74) is -1.05. The van der Waals surface area contributed by atoms with Crippen molar-refractivity contribution in [1.82, 2.24) is 0 Å². The predicted octanol–water partition coefficient (Wildman–Crippen LogP) is 2.77. The second-order valence-corrected chi connectivity index (χ2v) is 3.82. The minimum Gasteiger partial charge on any atom is -0.469 e. The zero-order valence-electron chi connectivity index (χ0n) is 10.8. The average Bonchev–Trinajstić information content (AvgIpc) is 2.45. The summed E-state index contributed by atoms with van der Waals surface area (Å²) >= 11 is 0. The summed E-state index contributed by atoms with van der Waals surface area (Å²) in [6, 6.07) is 0. The van der Waals surface area contributed by atoms with Gasteiger partial charge in [0.1, 0.15) is 5.69 Å². The first-order chi connectivity index (χ1) is 9.34. The molecule has 0 heterocycles. The molecule has 3 nitrogen and oxygen atoms in total. The summed E-state index contributed by atoms with van der Waals surface area (Å²) < 4.78 is 70.6. The summed E-state index contributed by atoms with van der Waals surface area (Å²) in [5.74, 6) is -10.8. The molecule has 0 aliphatic carbocycles. The van der Waals surface area contributed by atoms with E-state index in [9.17, 15) is 26.7 Å². The quantitative estimate of drug-likeness (QED) is 0.362. The molecule has 0 radical (unpaired) electrons. The number of benzene rings is 1. The SMILES string of the molecule is CCN(CCC(=O)OC)c1c(F)c(F)c(F)c(F)c1F. The van der Waals surface area contributed by atoms with Gasteiger partial charge in [0.05, 0.1) is 13.5 Å². The van der Waals surface area contributed by atoms with E-state index in [2.05, 4.69) is 4.74 Å². The van der Waals surface area contributed by atoms with Crippen LogP contribution in [-0.2, 0) is 9.53 Å². The van der Waals surface area contributed by atoms with Gasteiger partial charge < -0.3 is 9.64 Å². The van der Waals surface area contributed by atoms with Gasteiger partial charge in [0, 0.05) is 13.1 Å². The number of nitrogens with zero attached hydrogens (tertiary/aromatic N) is 1. The van der Waals surface area contributed by atoms with E-state index in [4.69, 9.17) is 0 Å². The van der Waals surface area contributed by atoms with Crippen LogP contribution in [0.1, 0.15) is 13.3 Å². The van der Waals surface area contributed by atoms with Crippen LogP contribution in [0.3, 0.4) is 0 Å². The molecule has 0 atom stereocenters. The Morgan fingerprint density at radius 2 is 1.45 bits per heavy atom. The molecular weight excluding hydrogens is 285 g/mol. The molecule has 8 heteroatoms. The van der Waals surface area contributed by atoms with Gasteiger partial charge in [0.15, 0.2) is 23.3 Å². The van der Waals surface area contributed by atoms with Crippen molar-refractivity contribution in [3.05, 3.63) is 29.1 Å². The Balaban J connectivity index is 3.19. The summed E-state index contributed by atoms with van der Waals surface area (Å²) in [4.78, 5) is 11.9. The van der Waals surface area contributed by atoms with Crippen molar-refractivity contribution >= 4 is 11.7 Å². The monoisotopic (exact) mass is 297 g/mol. The molecule has 0 aromatic heterocycles. The van der Waals surface area contributed by atoms with Gasteiger partial charge in [-0.15, -0.1) is 0 Å². The van der Waals surface area contributed by atoms with E-state index in [1.54, 1.807) is 0 Å². The van der Waals surface area contributed by atoms with Gasteiger partial charge in [0.2, 0.25) is 5.82 Å². The lowest BCUT2D eigenvalue weighted by Crippen LogP contribution is -2.29. The molecule has 0 bridgehead atoms. The summed E-state index contributed by atoms with van der Waals surface area (Å²) in [6.07, 6.45) is -0.246. The smallest absolute Gasteiger partial charge is 0.307 e. The third-order valence-electron chi connectivity index (χ3n) is 2.70. The molecular formula is C12H12F5NO2. The fourth-order valence-corrected chi connectivity index (χ4v) is 1.63. The van der Waals surface area contributed by atoms with Gasteiger partial charge in [-0.3, -0.25) is 4.79 Å². The van der Waals surface area contributed by atoms with E-state index in [0.717, 1.165) is 12.0 Å². The number of ether oxygens (including phenoxy) is 1. The molecule has 1 aromatic rings. The Labute approximate surface area is 111 Å². The van der Waals surface area contributed by atoms with Crippen LogP contribution in [0, 0.1) is 29.1 Å². The van der Waals surface area contributed by atoms with E-state index in [1.165, 1.54) is 6.92 Å². The van der Waals surface area contributed by atoms with E-state index in [0.29, 0.717) is 0 Å². The van der Waals surface area contributed by atoms with Crippen molar-refractivity contribution in [3.63, 3.8) is 0 Å². The Hall–Kier alpha value is -1.86. The zero-order valence-corrected chi connectivity index (χ0v) is 10.8. The average molecular weight is 297 g/mol. The highest BCUT2D eigenvalue weighted by Crippen LogP contribution is 2.30. The first kappa shape index (κ1) is 16.2. The van der Waals surface area contributed by atoms with Crippen LogP contribution >= 0.6 is 0 Å². The molecule has 0 aliphatic heterocycles. The first-order valence-corrected chi connectivity index (χ1v) is 5.68. The maximum absolute atomic E-state index is 13.6. The van der Waals surface area contributed by atoms with E-state index in [1.807, 2.05) is 0 Å². The number of esters is 1. The highest BCUT2D eigenvalue weighted by atomic mass is 19.2. The molecule has 0 fully saturated rings. The maximum atomic E-state index is 13.6. The summed E-state index contributed by atoms with van der Waals surface area (Å²) in [7, 11) is 1.12. The second kappa shape index (κ2) is 6.53. The Bertz CT molecular complexity index is 492. The minimum absolute atomic E-state index is 0.0463. The first-order valence-electron chi connectivity index (χ1n) is 5.68. The van der Waals surface area contributed by atoms with Crippen molar-refractivity contribution in [1.29, 1.82) is 0 Å². The van der Waals surface area contributed by atoms with Crippen LogP contribution in [0.4, 0.5) is 27.6 Å². The minimum atomic E-state index is -2.22. The standard InChI is InChI=1S/C12H12F5NO2/c1-3-18(5-4-6(19)20-2)12-10(16)8(14)7(13)9(15)11(12)17/h3-5H2,1-2H3. The van der Waals surface area contributed by atoms with Gasteiger partial charge in [-0.2, -0.15) is 0 Å². The van der Waals surface area contributed by atoms with E-state index >= 15 is 0 Å². The van der Waals surface area contributed by atoms with Crippen LogP contribution in [0.2, 0.25) is 0 Å². The number of hydrogen-bond donors (Lipinski definition) is 0. The second-order valence-electron chi connectivity index (χ2n) is 3.82. The number of carbonyl (C=O) groups excluding carboxylic acids is 1. The van der Waals surface area contributed by atoms with Crippen molar-refractivity contribution in [2.24, 2.45) is 0 Å². The van der Waals surface area contributed by atoms with Crippen LogP contribution in [-0.4, -0.2) is 26.2 Å². The molecule has 20 heavy (non-hydrogen) atoms. The molecule has 0 saturated carbocycles. The predicted molar refractivity (Wildman–Crippen MR) is 60.8 cm³/mol. The largest absolute Gasteiger partial charge is 0.469 e. The fraction of sp³-hybridized carbons (Fsp3) is 0.417. The Morgan fingerprint density at radius 1 is 1.00 bits per heavy atom. The number of carbonyl (C=O) groups is 1. The van der Waals surface area contributed by atoms with Gasteiger partial charge >= 0.3 is 5.97 Å². The Kier molecular flexibility index (Phi) is 5.29. The topological polar surface area (TPSA) is 29.5 Å². The van der Waals surface area contributed by atoms with Crippen molar-refractivity contribution in [3.8, 4) is 0 Å². The number of halogens is 5. The molecule has 0 aliphatic rings. The molecule has 0 unspecified atom stereocenters. The van der Waals surface area contributed by atoms with Gasteiger partial charge in [0.25, 0.3) is 0 Å². The van der Waals surface area contributed by atoms with Crippen molar-refractivity contribution in [2.75, 3.05) is 25.1 Å². The third-order valence-corrected chi connectivity index (χ3v) is 2.70. The lowest BCUT2D eigenvalue weighted by atomic mass is 10.2. The van der Waals surface area contributed by atoms with E-state index < -0.39 is 40.7 Å². The highest BCUT2D eigenvalue weighted by Gasteiger charge is 2.28. The van der Waals surface area contributed by atoms with Gasteiger partial charge in [-0.1, -0.05) is 0 Å². The number of hydrogen-bond acceptors (Lipinski definition) is 3. The molecule has 0 spiro atoms. The van der Waals surface area contributed by atoms with Crippen LogP contribution in [0.25, 0.3) is 0 Å². The molecule has 1 rings (SSSR count). The number of methoxy groups -OCH3 is 1. The molecule has 0 amide bonds.